The molecular formula is C13H17N3O2. The minimum atomic E-state index is -0.578. The van der Waals surface area contributed by atoms with Gasteiger partial charge in [0.15, 0.2) is 0 Å². The van der Waals surface area contributed by atoms with E-state index in [2.05, 4.69) is 5.32 Å². The van der Waals surface area contributed by atoms with E-state index in [4.69, 9.17) is 5.73 Å². The third kappa shape index (κ3) is 2.80. The number of nitrogens with two attached hydrogens (primary N) is 1. The lowest BCUT2D eigenvalue weighted by molar-refractivity contribution is -0.131. The summed E-state index contributed by atoms with van der Waals surface area (Å²) in [5.41, 5.74) is 6.73. The number of hydrogen-bond acceptors (Lipinski definition) is 2. The molecule has 3 amide bonds. The van der Waals surface area contributed by atoms with E-state index in [1.54, 1.807) is 12.1 Å². The van der Waals surface area contributed by atoms with Gasteiger partial charge in [-0.3, -0.25) is 4.79 Å². The number of carbonyl (C=O) groups is 2. The Morgan fingerprint density at radius 2 is 2.11 bits per heavy atom. The molecule has 1 aromatic carbocycles. The summed E-state index contributed by atoms with van der Waals surface area (Å²) in [6.07, 6.45) is 0.931. The number of urea groups is 1. The quantitative estimate of drug-likeness (QED) is 0.850. The summed E-state index contributed by atoms with van der Waals surface area (Å²) in [5.74, 6) is 0.357. The number of likely N-dealkylation sites (tertiary alicyclic amines) is 1. The Bertz CT molecular complexity index is 456. The summed E-state index contributed by atoms with van der Waals surface area (Å²) >= 11 is 0. The predicted molar refractivity (Wildman–Crippen MR) is 68.8 cm³/mol. The molecule has 96 valence electrons. The molecule has 1 atom stereocenters. The summed E-state index contributed by atoms with van der Waals surface area (Å²) < 4.78 is 0. The highest BCUT2D eigenvalue weighted by molar-refractivity contribution is 5.87. The van der Waals surface area contributed by atoms with Crippen molar-refractivity contribution in [3.63, 3.8) is 0 Å². The van der Waals surface area contributed by atoms with Crippen molar-refractivity contribution in [3.05, 3.63) is 29.8 Å². The largest absolute Gasteiger partial charge is 0.351 e. The average Bonchev–Trinajstić information content (AvgIpc) is 2.63. The molecule has 5 heteroatoms. The smallest absolute Gasteiger partial charge is 0.316 e. The Kier molecular flexibility index (Phi) is 3.50. The van der Waals surface area contributed by atoms with E-state index < -0.39 is 6.03 Å². The van der Waals surface area contributed by atoms with Gasteiger partial charge < -0.3 is 16.0 Å². The number of amides is 3. The molecule has 1 heterocycles. The molecule has 1 unspecified atom stereocenters. The van der Waals surface area contributed by atoms with E-state index in [9.17, 15) is 9.59 Å². The van der Waals surface area contributed by atoms with E-state index in [1.807, 2.05) is 24.0 Å². The molecule has 0 radical (unpaired) electrons. The van der Waals surface area contributed by atoms with Crippen LogP contribution in [0.2, 0.25) is 0 Å². The Hall–Kier alpha value is -2.04. The second-order valence-corrected chi connectivity index (χ2v) is 4.64. The SMILES string of the molecule is CC1CCN(Cc2ccc(NC(N)=O)cc2)C1=O. The molecule has 0 aromatic heterocycles. The number of rotatable bonds is 3. The summed E-state index contributed by atoms with van der Waals surface area (Å²) in [6.45, 7) is 3.41. The highest BCUT2D eigenvalue weighted by Crippen LogP contribution is 2.20. The second kappa shape index (κ2) is 5.08. The summed E-state index contributed by atoms with van der Waals surface area (Å²) in [4.78, 5) is 24.3. The molecule has 1 aromatic rings. The third-order valence-corrected chi connectivity index (χ3v) is 3.16. The minimum Gasteiger partial charge on any atom is -0.351 e. The molecule has 1 fully saturated rings. The van der Waals surface area contributed by atoms with Crippen LogP contribution in [0.15, 0.2) is 24.3 Å². The van der Waals surface area contributed by atoms with Gasteiger partial charge in [-0.2, -0.15) is 0 Å². The van der Waals surface area contributed by atoms with E-state index in [-0.39, 0.29) is 11.8 Å². The van der Waals surface area contributed by atoms with Crippen LogP contribution in [0.1, 0.15) is 18.9 Å². The number of benzene rings is 1. The highest BCUT2D eigenvalue weighted by Gasteiger charge is 2.27. The van der Waals surface area contributed by atoms with Crippen molar-refractivity contribution >= 4 is 17.6 Å². The zero-order valence-electron chi connectivity index (χ0n) is 10.3. The Morgan fingerprint density at radius 3 is 2.61 bits per heavy atom. The molecular weight excluding hydrogens is 230 g/mol. The molecule has 0 spiro atoms. The standard InChI is InChI=1S/C13H17N3O2/c1-9-6-7-16(12(9)17)8-10-2-4-11(5-3-10)15-13(14)18/h2-5,9H,6-8H2,1H3,(H3,14,15,18). The minimum absolute atomic E-state index is 0.140. The first-order chi connectivity index (χ1) is 8.56. The van der Waals surface area contributed by atoms with Crippen LogP contribution in [-0.4, -0.2) is 23.4 Å². The lowest BCUT2D eigenvalue weighted by Crippen LogP contribution is -2.26. The summed E-state index contributed by atoms with van der Waals surface area (Å²) in [5, 5.41) is 2.50. The van der Waals surface area contributed by atoms with E-state index in [0.717, 1.165) is 18.5 Å². The molecule has 1 aliphatic heterocycles. The molecule has 2 rings (SSSR count). The predicted octanol–water partition coefficient (Wildman–Crippen LogP) is 1.55. The normalized spacial score (nSPS) is 19.1. The van der Waals surface area contributed by atoms with Crippen molar-refractivity contribution in [1.82, 2.24) is 4.90 Å². The van der Waals surface area contributed by atoms with Crippen LogP contribution in [-0.2, 0) is 11.3 Å². The number of anilines is 1. The van der Waals surface area contributed by atoms with Crippen molar-refractivity contribution in [2.45, 2.75) is 19.9 Å². The van der Waals surface area contributed by atoms with Crippen molar-refractivity contribution in [2.24, 2.45) is 11.7 Å². The Balaban J connectivity index is 1.98. The Labute approximate surface area is 106 Å². The molecule has 5 nitrogen and oxygen atoms in total. The molecule has 1 aliphatic rings. The van der Waals surface area contributed by atoms with Crippen molar-refractivity contribution < 1.29 is 9.59 Å². The number of primary amides is 1. The fourth-order valence-corrected chi connectivity index (χ4v) is 2.11. The number of nitrogens with one attached hydrogen (secondary N) is 1. The number of carbonyl (C=O) groups excluding carboxylic acids is 2. The van der Waals surface area contributed by atoms with Crippen LogP contribution in [0, 0.1) is 5.92 Å². The first kappa shape index (κ1) is 12.4. The Morgan fingerprint density at radius 1 is 1.44 bits per heavy atom. The number of hydrogen-bond donors (Lipinski definition) is 2. The molecule has 18 heavy (non-hydrogen) atoms. The zero-order valence-corrected chi connectivity index (χ0v) is 10.3. The first-order valence-corrected chi connectivity index (χ1v) is 6.00. The maximum Gasteiger partial charge on any atom is 0.316 e. The topological polar surface area (TPSA) is 75.4 Å². The summed E-state index contributed by atoms with van der Waals surface area (Å²) in [7, 11) is 0. The van der Waals surface area contributed by atoms with Crippen LogP contribution >= 0.6 is 0 Å². The number of nitrogens with zero attached hydrogens (tertiary/aromatic N) is 1. The average molecular weight is 247 g/mol. The van der Waals surface area contributed by atoms with Crippen molar-refractivity contribution in [3.8, 4) is 0 Å². The van der Waals surface area contributed by atoms with Crippen LogP contribution in [0.5, 0.6) is 0 Å². The summed E-state index contributed by atoms with van der Waals surface area (Å²) in [6, 6.07) is 6.77. The van der Waals surface area contributed by atoms with Gasteiger partial charge in [-0.1, -0.05) is 19.1 Å². The van der Waals surface area contributed by atoms with Gasteiger partial charge in [0.05, 0.1) is 0 Å². The van der Waals surface area contributed by atoms with Crippen LogP contribution in [0.4, 0.5) is 10.5 Å². The van der Waals surface area contributed by atoms with Gasteiger partial charge in [0.2, 0.25) is 5.91 Å². The lowest BCUT2D eigenvalue weighted by Gasteiger charge is -2.16. The second-order valence-electron chi connectivity index (χ2n) is 4.64. The van der Waals surface area contributed by atoms with Gasteiger partial charge in [0.1, 0.15) is 0 Å². The highest BCUT2D eigenvalue weighted by atomic mass is 16.2. The van der Waals surface area contributed by atoms with Crippen LogP contribution < -0.4 is 11.1 Å². The van der Waals surface area contributed by atoms with Gasteiger partial charge >= 0.3 is 6.03 Å². The van der Waals surface area contributed by atoms with Gasteiger partial charge in [-0.05, 0) is 24.1 Å². The van der Waals surface area contributed by atoms with E-state index in [1.165, 1.54) is 0 Å². The van der Waals surface area contributed by atoms with Crippen molar-refractivity contribution in [1.29, 1.82) is 0 Å². The van der Waals surface area contributed by atoms with Gasteiger partial charge in [-0.25, -0.2) is 4.79 Å². The maximum absolute atomic E-state index is 11.8. The van der Waals surface area contributed by atoms with Crippen LogP contribution in [0.25, 0.3) is 0 Å². The molecule has 0 saturated carbocycles. The third-order valence-electron chi connectivity index (χ3n) is 3.16. The maximum atomic E-state index is 11.8. The van der Waals surface area contributed by atoms with Crippen LogP contribution in [0.3, 0.4) is 0 Å². The fourth-order valence-electron chi connectivity index (χ4n) is 2.11. The first-order valence-electron chi connectivity index (χ1n) is 6.00. The van der Waals surface area contributed by atoms with E-state index in [0.29, 0.717) is 12.2 Å². The fraction of sp³-hybridized carbons (Fsp3) is 0.385. The van der Waals surface area contributed by atoms with E-state index >= 15 is 0 Å². The monoisotopic (exact) mass is 247 g/mol. The van der Waals surface area contributed by atoms with Gasteiger partial charge in [0, 0.05) is 24.7 Å². The van der Waals surface area contributed by atoms with Gasteiger partial charge in [0.25, 0.3) is 0 Å². The van der Waals surface area contributed by atoms with Gasteiger partial charge in [-0.15, -0.1) is 0 Å². The molecule has 0 bridgehead atoms. The molecule has 3 N–H and O–H groups in total. The molecule has 1 saturated heterocycles. The molecule has 0 aliphatic carbocycles. The zero-order chi connectivity index (χ0) is 13.1. The van der Waals surface area contributed by atoms with Crippen molar-refractivity contribution in [2.75, 3.05) is 11.9 Å². The lowest BCUT2D eigenvalue weighted by atomic mass is 10.1.